The van der Waals surface area contributed by atoms with E-state index in [0.717, 1.165) is 0 Å². The Kier molecular flexibility index (Phi) is 4.16. The van der Waals surface area contributed by atoms with Crippen LogP contribution in [0.1, 0.15) is 6.23 Å². The van der Waals surface area contributed by atoms with E-state index in [2.05, 4.69) is 16.5 Å². The number of hydrogen-bond donors (Lipinski definition) is 3. The number of hydrogen-bond acceptors (Lipinski definition) is 6. The standard InChI is InChI=1S/C14H19N5O4/c1-3-4-18-7-19(11-9(18)12(21)17-14(15)16-11)13-10(20)8(5-22-2)6-23-13/h3,7-8,10,13,20H,1,4-6H2,2H3,(H2-,15,16,17,21)/p+1/t8?,10?,13-/m1/s1. The minimum absolute atomic E-state index is 0.00790. The molecule has 3 atom stereocenters. The van der Waals surface area contributed by atoms with Crippen molar-refractivity contribution in [2.24, 2.45) is 5.92 Å². The van der Waals surface area contributed by atoms with Crippen LogP contribution in [0.2, 0.25) is 0 Å². The second-order valence-corrected chi connectivity index (χ2v) is 5.52. The average molecular weight is 322 g/mol. The molecule has 3 rings (SSSR count). The van der Waals surface area contributed by atoms with Crippen LogP contribution in [0.25, 0.3) is 11.2 Å². The number of aliphatic hydroxyl groups excluding tert-OH is 1. The fraction of sp³-hybridized carbons (Fsp3) is 0.500. The van der Waals surface area contributed by atoms with Gasteiger partial charge in [0.25, 0.3) is 11.2 Å². The van der Waals surface area contributed by atoms with E-state index in [4.69, 9.17) is 15.2 Å². The molecule has 2 aromatic rings. The molecule has 0 aliphatic carbocycles. The monoisotopic (exact) mass is 322 g/mol. The summed E-state index contributed by atoms with van der Waals surface area (Å²) >= 11 is 0. The van der Waals surface area contributed by atoms with Crippen molar-refractivity contribution < 1.29 is 19.1 Å². The van der Waals surface area contributed by atoms with Crippen molar-refractivity contribution in [2.75, 3.05) is 26.1 Å². The van der Waals surface area contributed by atoms with Crippen LogP contribution in [0.4, 0.5) is 5.95 Å². The molecule has 0 amide bonds. The summed E-state index contributed by atoms with van der Waals surface area (Å²) in [7, 11) is 1.57. The lowest BCUT2D eigenvalue weighted by Crippen LogP contribution is -2.36. The van der Waals surface area contributed by atoms with Gasteiger partial charge in [-0.1, -0.05) is 12.7 Å². The highest BCUT2D eigenvalue weighted by Gasteiger charge is 2.42. The molecule has 0 radical (unpaired) electrons. The molecular formula is C14H20N5O4+. The molecule has 1 aliphatic heterocycles. The van der Waals surface area contributed by atoms with Gasteiger partial charge in [-0.25, -0.2) is 4.57 Å². The Labute approximate surface area is 132 Å². The van der Waals surface area contributed by atoms with Gasteiger partial charge in [-0.05, 0) is 0 Å². The number of allylic oxidation sites excluding steroid dienone is 1. The van der Waals surface area contributed by atoms with E-state index in [1.165, 1.54) is 0 Å². The number of H-pyrrole nitrogens is 1. The molecule has 2 unspecified atom stereocenters. The summed E-state index contributed by atoms with van der Waals surface area (Å²) in [6, 6.07) is 0. The van der Waals surface area contributed by atoms with E-state index in [1.54, 1.807) is 28.6 Å². The number of aromatic amines is 1. The number of rotatable bonds is 5. The van der Waals surface area contributed by atoms with Crippen molar-refractivity contribution in [3.63, 3.8) is 0 Å². The minimum atomic E-state index is -0.773. The van der Waals surface area contributed by atoms with Gasteiger partial charge in [-0.2, -0.15) is 9.55 Å². The lowest BCUT2D eigenvalue weighted by molar-refractivity contribution is -0.662. The molecule has 23 heavy (non-hydrogen) atoms. The van der Waals surface area contributed by atoms with Gasteiger partial charge in [0.05, 0.1) is 13.2 Å². The largest absolute Gasteiger partial charge is 0.386 e. The first-order valence-corrected chi connectivity index (χ1v) is 7.26. The number of nitrogen functional groups attached to an aromatic ring is 1. The molecule has 0 aromatic carbocycles. The second kappa shape index (κ2) is 6.11. The summed E-state index contributed by atoms with van der Waals surface area (Å²) in [4.78, 5) is 18.9. The normalized spacial score (nSPS) is 24.3. The third-order valence-electron chi connectivity index (χ3n) is 3.93. The number of methoxy groups -OCH3 is 1. The second-order valence-electron chi connectivity index (χ2n) is 5.52. The van der Waals surface area contributed by atoms with Gasteiger partial charge in [0.15, 0.2) is 0 Å². The molecule has 2 aromatic heterocycles. The Morgan fingerprint density at radius 1 is 1.74 bits per heavy atom. The molecule has 0 spiro atoms. The van der Waals surface area contributed by atoms with Gasteiger partial charge in [0.2, 0.25) is 18.5 Å². The Balaban J connectivity index is 2.11. The van der Waals surface area contributed by atoms with Gasteiger partial charge in [0.1, 0.15) is 12.6 Å². The third kappa shape index (κ3) is 2.62. The van der Waals surface area contributed by atoms with Gasteiger partial charge >= 0.3 is 5.56 Å². The first-order valence-electron chi connectivity index (χ1n) is 7.26. The Hall–Kier alpha value is -2.23. The smallest absolute Gasteiger partial charge is 0.304 e. The number of fused-ring (bicyclic) bond motifs is 1. The quantitative estimate of drug-likeness (QED) is 0.476. The lowest BCUT2D eigenvalue weighted by Gasteiger charge is -2.14. The number of aliphatic hydroxyl groups is 1. The number of aromatic nitrogens is 4. The van der Waals surface area contributed by atoms with E-state index in [0.29, 0.717) is 30.9 Å². The molecule has 1 saturated heterocycles. The first kappa shape index (κ1) is 15.7. The first-order chi connectivity index (χ1) is 11.1. The van der Waals surface area contributed by atoms with Crippen LogP contribution < -0.4 is 15.9 Å². The molecule has 1 fully saturated rings. The summed E-state index contributed by atoms with van der Waals surface area (Å²) < 4.78 is 14.1. The number of nitrogens with one attached hydrogen (secondary N) is 1. The average Bonchev–Trinajstić information content (AvgIpc) is 3.02. The molecule has 9 nitrogen and oxygen atoms in total. The van der Waals surface area contributed by atoms with Gasteiger partial charge < -0.3 is 20.3 Å². The zero-order valence-corrected chi connectivity index (χ0v) is 12.8. The van der Waals surface area contributed by atoms with E-state index in [1.807, 2.05) is 0 Å². The maximum Gasteiger partial charge on any atom is 0.304 e. The highest BCUT2D eigenvalue weighted by molar-refractivity contribution is 5.67. The van der Waals surface area contributed by atoms with Crippen molar-refractivity contribution in [3.05, 3.63) is 29.3 Å². The van der Waals surface area contributed by atoms with Crippen LogP contribution in [-0.4, -0.2) is 46.1 Å². The predicted molar refractivity (Wildman–Crippen MR) is 81.5 cm³/mol. The third-order valence-corrected chi connectivity index (χ3v) is 3.93. The highest BCUT2D eigenvalue weighted by Crippen LogP contribution is 2.30. The number of anilines is 1. The number of nitrogens with two attached hydrogens (primary N) is 1. The maximum atomic E-state index is 12.2. The van der Waals surface area contributed by atoms with Crippen LogP contribution in [0, 0.1) is 5.92 Å². The lowest BCUT2D eigenvalue weighted by atomic mass is 10.1. The molecule has 3 heterocycles. The summed E-state index contributed by atoms with van der Waals surface area (Å²) in [5.74, 6) is -0.136. The molecule has 124 valence electrons. The zero-order valence-electron chi connectivity index (χ0n) is 12.8. The SMILES string of the molecule is C=CC[n+]1cn([C@@H]2OCC(COC)C2O)c2nc(N)[nH]c(=O)c21. The van der Waals surface area contributed by atoms with Crippen molar-refractivity contribution in [1.29, 1.82) is 0 Å². The van der Waals surface area contributed by atoms with Crippen LogP contribution in [0.15, 0.2) is 23.8 Å². The Morgan fingerprint density at radius 2 is 2.52 bits per heavy atom. The van der Waals surface area contributed by atoms with Crippen LogP contribution in [-0.2, 0) is 16.0 Å². The van der Waals surface area contributed by atoms with Gasteiger partial charge in [-0.3, -0.25) is 9.78 Å². The predicted octanol–water partition coefficient (Wildman–Crippen LogP) is -1.07. The van der Waals surface area contributed by atoms with E-state index in [-0.39, 0.29) is 17.4 Å². The summed E-state index contributed by atoms with van der Waals surface area (Å²) in [6.07, 6.45) is 1.92. The topological polar surface area (TPSA) is 119 Å². The summed E-state index contributed by atoms with van der Waals surface area (Å²) in [5.41, 5.74) is 6.01. The fourth-order valence-electron chi connectivity index (χ4n) is 2.90. The minimum Gasteiger partial charge on any atom is -0.386 e. The van der Waals surface area contributed by atoms with Crippen molar-refractivity contribution >= 4 is 17.1 Å². The van der Waals surface area contributed by atoms with Crippen LogP contribution in [0.3, 0.4) is 0 Å². The van der Waals surface area contributed by atoms with Crippen LogP contribution in [0.5, 0.6) is 0 Å². The zero-order chi connectivity index (χ0) is 16.6. The van der Waals surface area contributed by atoms with E-state index < -0.39 is 12.3 Å². The molecule has 0 saturated carbocycles. The van der Waals surface area contributed by atoms with Crippen LogP contribution >= 0.6 is 0 Å². The number of imidazole rings is 1. The Morgan fingerprint density at radius 3 is 3.22 bits per heavy atom. The highest BCUT2D eigenvalue weighted by atomic mass is 16.5. The fourth-order valence-corrected chi connectivity index (χ4v) is 2.90. The molecule has 1 aliphatic rings. The Bertz CT molecular complexity index is 783. The molecular weight excluding hydrogens is 302 g/mol. The van der Waals surface area contributed by atoms with Crippen molar-refractivity contribution in [2.45, 2.75) is 18.9 Å². The molecule has 0 bridgehead atoms. The molecule has 4 N–H and O–H groups in total. The summed E-state index contributed by atoms with van der Waals surface area (Å²) in [6.45, 7) is 4.85. The van der Waals surface area contributed by atoms with E-state index >= 15 is 0 Å². The van der Waals surface area contributed by atoms with E-state index in [9.17, 15) is 9.90 Å². The number of ether oxygens (including phenoxy) is 2. The summed E-state index contributed by atoms with van der Waals surface area (Å²) in [5, 5.41) is 10.5. The van der Waals surface area contributed by atoms with Crippen molar-refractivity contribution in [3.8, 4) is 0 Å². The van der Waals surface area contributed by atoms with Gasteiger partial charge in [0, 0.05) is 13.0 Å². The number of nitrogens with zero attached hydrogens (tertiary/aromatic N) is 3. The van der Waals surface area contributed by atoms with Gasteiger partial charge in [-0.15, -0.1) is 0 Å². The molecule has 9 heteroatoms. The maximum absolute atomic E-state index is 12.2. The van der Waals surface area contributed by atoms with Crippen molar-refractivity contribution in [1.82, 2.24) is 14.5 Å².